The third kappa shape index (κ3) is 1.59. The van der Waals surface area contributed by atoms with Crippen molar-refractivity contribution >= 4 is 0 Å². The van der Waals surface area contributed by atoms with Crippen LogP contribution in [0, 0.1) is 17.3 Å². The van der Waals surface area contributed by atoms with E-state index < -0.39 is 0 Å². The molecule has 4 heteroatoms. The lowest BCUT2D eigenvalue weighted by molar-refractivity contribution is -0.219. The van der Waals surface area contributed by atoms with Crippen molar-refractivity contribution in [3.05, 3.63) is 0 Å². The minimum Gasteiger partial charge on any atom is -0.355 e. The minimum atomic E-state index is -0.0897. The van der Waals surface area contributed by atoms with Gasteiger partial charge in [-0.25, -0.2) is 0 Å². The Balaban J connectivity index is 1.88. The molecule has 2 saturated carbocycles. The van der Waals surface area contributed by atoms with E-state index in [0.717, 1.165) is 12.8 Å². The van der Waals surface area contributed by atoms with E-state index in [1.54, 1.807) is 14.2 Å². The van der Waals surface area contributed by atoms with Crippen LogP contribution in [0.5, 0.6) is 0 Å². The largest absolute Gasteiger partial charge is 0.355 e. The molecule has 2 aliphatic carbocycles. The number of hydrogen-bond donors (Lipinski definition) is 0. The van der Waals surface area contributed by atoms with Crippen LogP contribution >= 0.6 is 0 Å². The Morgan fingerprint density at radius 2 is 1.94 bits per heavy atom. The topological polar surface area (TPSA) is 30.9 Å². The summed E-state index contributed by atoms with van der Waals surface area (Å²) in [6, 6.07) is 0.606. The molecule has 3 rings (SSSR count). The number of ether oxygens (including phenoxy) is 2. The predicted octanol–water partition coefficient (Wildman–Crippen LogP) is 2.05. The number of hydrogen-bond acceptors (Lipinski definition) is 4. The van der Waals surface area contributed by atoms with Gasteiger partial charge in [0.05, 0.1) is 6.10 Å². The molecule has 0 N–H and O–H groups in total. The van der Waals surface area contributed by atoms with Gasteiger partial charge in [0.15, 0.2) is 6.29 Å². The van der Waals surface area contributed by atoms with Crippen LogP contribution in [0.15, 0.2) is 0 Å². The zero-order valence-corrected chi connectivity index (χ0v) is 11.9. The van der Waals surface area contributed by atoms with Gasteiger partial charge in [-0.2, -0.15) is 5.06 Å². The fourth-order valence-corrected chi connectivity index (χ4v) is 4.88. The van der Waals surface area contributed by atoms with E-state index in [9.17, 15) is 0 Å². The molecular weight excluding hydrogens is 230 g/mol. The summed E-state index contributed by atoms with van der Waals surface area (Å²) in [4.78, 5) is 5.99. The van der Waals surface area contributed by atoms with E-state index in [-0.39, 0.29) is 11.7 Å². The van der Waals surface area contributed by atoms with Gasteiger partial charge >= 0.3 is 0 Å². The first-order chi connectivity index (χ1) is 8.61. The highest BCUT2D eigenvalue weighted by molar-refractivity contribution is 5.06. The maximum absolute atomic E-state index is 5.99. The average molecular weight is 255 g/mol. The number of rotatable bonds is 3. The summed E-state index contributed by atoms with van der Waals surface area (Å²) in [5.74, 6) is 1.33. The van der Waals surface area contributed by atoms with E-state index in [4.69, 9.17) is 14.3 Å². The molecule has 5 atom stereocenters. The molecule has 0 unspecified atom stereocenters. The molecule has 0 spiro atoms. The predicted molar refractivity (Wildman–Crippen MR) is 67.8 cm³/mol. The zero-order chi connectivity index (χ0) is 12.9. The van der Waals surface area contributed by atoms with Gasteiger partial charge in [-0.05, 0) is 31.6 Å². The normalized spacial score (nSPS) is 47.8. The van der Waals surface area contributed by atoms with Gasteiger partial charge in [-0.1, -0.05) is 6.92 Å². The molecule has 0 aromatic heterocycles. The molecule has 0 radical (unpaired) electrons. The smallest absolute Gasteiger partial charge is 0.162 e. The zero-order valence-electron chi connectivity index (χ0n) is 11.9. The monoisotopic (exact) mass is 255 g/mol. The van der Waals surface area contributed by atoms with Crippen molar-refractivity contribution in [1.82, 2.24) is 5.06 Å². The van der Waals surface area contributed by atoms with Crippen molar-refractivity contribution in [2.45, 2.75) is 51.0 Å². The lowest BCUT2D eigenvalue weighted by atomic mass is 9.62. The summed E-state index contributed by atoms with van der Waals surface area (Å²) in [6.07, 6.45) is 5.12. The summed E-state index contributed by atoms with van der Waals surface area (Å²) in [6.45, 7) is 2.34. The molecule has 4 nitrogen and oxygen atoms in total. The Bertz CT molecular complexity index is 320. The van der Waals surface area contributed by atoms with Gasteiger partial charge in [-0.3, -0.25) is 4.84 Å². The van der Waals surface area contributed by atoms with Crippen molar-refractivity contribution in [2.24, 2.45) is 17.3 Å². The number of methoxy groups -OCH3 is 2. The molecule has 0 amide bonds. The first-order valence-corrected chi connectivity index (χ1v) is 7.07. The molecule has 1 saturated heterocycles. The Hall–Kier alpha value is -0.160. The summed E-state index contributed by atoms with van der Waals surface area (Å²) in [5.41, 5.74) is 0.133. The van der Waals surface area contributed by atoms with Crippen LogP contribution in [0.3, 0.4) is 0 Å². The van der Waals surface area contributed by atoms with Crippen molar-refractivity contribution in [3.8, 4) is 0 Å². The van der Waals surface area contributed by atoms with Crippen LogP contribution in [0.25, 0.3) is 0 Å². The Kier molecular flexibility index (Phi) is 3.17. The van der Waals surface area contributed by atoms with E-state index in [1.165, 1.54) is 12.8 Å². The molecule has 3 aliphatic rings. The fraction of sp³-hybridized carbons (Fsp3) is 1.00. The van der Waals surface area contributed by atoms with Crippen LogP contribution in [-0.2, 0) is 14.3 Å². The van der Waals surface area contributed by atoms with Crippen LogP contribution in [-0.4, -0.2) is 44.8 Å². The number of nitrogens with zero attached hydrogens (tertiary/aromatic N) is 1. The SMILES string of the molecule is COC(OC)[C@]1(C)CC[C@@H]2ON(C)[C@@H]3CC[C@H]1[C@H]23. The van der Waals surface area contributed by atoms with Gasteiger partial charge in [0.25, 0.3) is 0 Å². The van der Waals surface area contributed by atoms with Gasteiger partial charge < -0.3 is 9.47 Å². The standard InChI is InChI=1S/C14H25NO3/c1-14(13(16-3)17-4)8-7-11-12-9(14)5-6-10(12)15(2)18-11/h9-13H,5-8H2,1-4H3/t9-,10+,11-,12-,14+/m0/s1. The second kappa shape index (κ2) is 4.44. The summed E-state index contributed by atoms with van der Waals surface area (Å²) in [5, 5.41) is 2.11. The van der Waals surface area contributed by atoms with Crippen molar-refractivity contribution in [2.75, 3.05) is 21.3 Å². The lowest BCUT2D eigenvalue weighted by Crippen LogP contribution is -2.49. The van der Waals surface area contributed by atoms with Crippen molar-refractivity contribution in [1.29, 1.82) is 0 Å². The fourth-order valence-electron chi connectivity index (χ4n) is 4.88. The molecule has 0 bridgehead atoms. The second-order valence-corrected chi connectivity index (χ2v) is 6.37. The third-order valence-corrected chi connectivity index (χ3v) is 5.66. The van der Waals surface area contributed by atoms with E-state index >= 15 is 0 Å². The lowest BCUT2D eigenvalue weighted by Gasteiger charge is -2.47. The molecule has 3 fully saturated rings. The van der Waals surface area contributed by atoms with Crippen molar-refractivity contribution < 1.29 is 14.3 Å². The molecular formula is C14H25NO3. The van der Waals surface area contributed by atoms with Gasteiger partial charge in [-0.15, -0.1) is 0 Å². The van der Waals surface area contributed by atoms with Gasteiger partial charge in [0.1, 0.15) is 0 Å². The van der Waals surface area contributed by atoms with Gasteiger partial charge in [0, 0.05) is 38.6 Å². The highest BCUT2D eigenvalue weighted by Gasteiger charge is 2.60. The molecule has 18 heavy (non-hydrogen) atoms. The van der Waals surface area contributed by atoms with Crippen LogP contribution in [0.1, 0.15) is 32.6 Å². The summed E-state index contributed by atoms with van der Waals surface area (Å²) >= 11 is 0. The Morgan fingerprint density at radius 1 is 1.22 bits per heavy atom. The van der Waals surface area contributed by atoms with Crippen LogP contribution < -0.4 is 0 Å². The first-order valence-electron chi connectivity index (χ1n) is 7.07. The number of hydroxylamine groups is 2. The minimum absolute atomic E-state index is 0.0897. The first kappa shape index (κ1) is 12.9. The highest BCUT2D eigenvalue weighted by atomic mass is 16.7. The summed E-state index contributed by atoms with van der Waals surface area (Å²) < 4.78 is 11.2. The Morgan fingerprint density at radius 3 is 2.61 bits per heavy atom. The molecule has 0 aromatic rings. The van der Waals surface area contributed by atoms with E-state index in [0.29, 0.717) is 24.0 Å². The Labute approximate surface area is 110 Å². The van der Waals surface area contributed by atoms with Gasteiger partial charge in [0.2, 0.25) is 0 Å². The van der Waals surface area contributed by atoms with Crippen LogP contribution in [0.2, 0.25) is 0 Å². The van der Waals surface area contributed by atoms with Crippen LogP contribution in [0.4, 0.5) is 0 Å². The maximum Gasteiger partial charge on any atom is 0.162 e. The molecule has 1 aliphatic heterocycles. The van der Waals surface area contributed by atoms with E-state index in [1.807, 2.05) is 0 Å². The average Bonchev–Trinajstić information content (AvgIpc) is 2.91. The van der Waals surface area contributed by atoms with E-state index in [2.05, 4.69) is 19.0 Å². The second-order valence-electron chi connectivity index (χ2n) is 6.37. The summed E-state index contributed by atoms with van der Waals surface area (Å²) in [7, 11) is 5.61. The quantitative estimate of drug-likeness (QED) is 0.722. The molecule has 1 heterocycles. The molecule has 104 valence electrons. The molecule has 0 aromatic carbocycles. The maximum atomic E-state index is 5.99. The highest BCUT2D eigenvalue weighted by Crippen LogP contribution is 2.58. The van der Waals surface area contributed by atoms with Crippen molar-refractivity contribution in [3.63, 3.8) is 0 Å². The third-order valence-electron chi connectivity index (χ3n) is 5.66.